The zero-order valence-electron chi connectivity index (χ0n) is 12.9. The Balaban J connectivity index is 1.76. The third-order valence-corrected chi connectivity index (χ3v) is 4.19. The number of hydrogen-bond donors (Lipinski definition) is 1. The number of carbonyl (C=O) groups is 1. The molecule has 0 saturated heterocycles. The van der Waals surface area contributed by atoms with Gasteiger partial charge < -0.3 is 5.32 Å². The highest BCUT2D eigenvalue weighted by atomic mass is 19.1. The molecule has 0 radical (unpaired) electrons. The minimum absolute atomic E-state index is 0.0355. The lowest BCUT2D eigenvalue weighted by Crippen LogP contribution is -2.42. The summed E-state index contributed by atoms with van der Waals surface area (Å²) in [5, 5.41) is 3.10. The van der Waals surface area contributed by atoms with Gasteiger partial charge in [-0.1, -0.05) is 25.1 Å². The van der Waals surface area contributed by atoms with Gasteiger partial charge in [0.1, 0.15) is 5.82 Å². The Morgan fingerprint density at radius 3 is 2.62 bits per heavy atom. The Bertz CT molecular complexity index is 470. The van der Waals surface area contributed by atoms with Crippen LogP contribution in [0.3, 0.4) is 0 Å². The molecule has 1 N–H and O–H groups in total. The number of likely N-dealkylation sites (N-methyl/N-ethyl adjacent to an activating group) is 1. The van der Waals surface area contributed by atoms with E-state index >= 15 is 0 Å². The first-order valence-electron chi connectivity index (χ1n) is 7.76. The Morgan fingerprint density at radius 1 is 1.29 bits per heavy atom. The second kappa shape index (κ2) is 7.55. The maximum Gasteiger partial charge on any atom is 0.234 e. The third-order valence-electron chi connectivity index (χ3n) is 4.19. The fraction of sp³-hybridized carbons (Fsp3) is 0.588. The highest BCUT2D eigenvalue weighted by Gasteiger charge is 2.20. The number of nitrogens with one attached hydrogen (secondary N) is 1. The quantitative estimate of drug-likeness (QED) is 0.905. The monoisotopic (exact) mass is 292 g/mol. The molecule has 3 nitrogen and oxygen atoms in total. The number of carbonyl (C=O) groups excluding carboxylic acids is 1. The molecule has 1 fully saturated rings. The number of rotatable bonds is 5. The van der Waals surface area contributed by atoms with Crippen molar-refractivity contribution in [2.45, 2.75) is 45.2 Å². The molecule has 1 amide bonds. The molecular weight excluding hydrogens is 267 g/mol. The fourth-order valence-electron chi connectivity index (χ4n) is 2.90. The fourth-order valence-corrected chi connectivity index (χ4v) is 2.90. The van der Waals surface area contributed by atoms with E-state index in [4.69, 9.17) is 0 Å². The average Bonchev–Trinajstić information content (AvgIpc) is 2.44. The van der Waals surface area contributed by atoms with Gasteiger partial charge in [-0.2, -0.15) is 0 Å². The van der Waals surface area contributed by atoms with Crippen molar-refractivity contribution in [1.82, 2.24) is 10.2 Å². The molecule has 0 unspecified atom stereocenters. The summed E-state index contributed by atoms with van der Waals surface area (Å²) in [5.74, 6) is 0.598. The highest BCUT2D eigenvalue weighted by molar-refractivity contribution is 5.78. The minimum Gasteiger partial charge on any atom is -0.352 e. The van der Waals surface area contributed by atoms with Crippen LogP contribution in [0.4, 0.5) is 4.39 Å². The molecular formula is C17H25FN2O. The van der Waals surface area contributed by atoms with Gasteiger partial charge in [-0.3, -0.25) is 9.69 Å². The van der Waals surface area contributed by atoms with E-state index in [-0.39, 0.29) is 11.7 Å². The molecule has 21 heavy (non-hydrogen) atoms. The summed E-state index contributed by atoms with van der Waals surface area (Å²) in [7, 11) is 1.84. The summed E-state index contributed by atoms with van der Waals surface area (Å²) in [6.45, 7) is 3.02. The predicted octanol–water partition coefficient (Wildman–Crippen LogP) is 2.95. The summed E-state index contributed by atoms with van der Waals surface area (Å²) in [6, 6.07) is 7.01. The molecule has 116 valence electrons. The Morgan fingerprint density at radius 2 is 1.95 bits per heavy atom. The Kier molecular flexibility index (Phi) is 5.74. The summed E-state index contributed by atoms with van der Waals surface area (Å²) in [4.78, 5) is 13.9. The van der Waals surface area contributed by atoms with E-state index in [1.54, 1.807) is 12.1 Å². The standard InChI is InChI=1S/C17H25FN2O/c1-13-7-9-15(10-8-13)19-17(21)12-20(2)11-14-5-3-4-6-16(14)18/h3-6,13,15H,7-12H2,1-2H3,(H,19,21). The van der Waals surface area contributed by atoms with Gasteiger partial charge in [0, 0.05) is 18.2 Å². The summed E-state index contributed by atoms with van der Waals surface area (Å²) in [5.41, 5.74) is 0.624. The first-order chi connectivity index (χ1) is 10.0. The molecule has 1 aromatic carbocycles. The van der Waals surface area contributed by atoms with Crippen LogP contribution in [0.25, 0.3) is 0 Å². The van der Waals surface area contributed by atoms with Gasteiger partial charge in [-0.15, -0.1) is 0 Å². The van der Waals surface area contributed by atoms with Crippen LogP contribution in [-0.2, 0) is 11.3 Å². The molecule has 1 aliphatic carbocycles. The van der Waals surface area contributed by atoms with E-state index in [0.717, 1.165) is 18.8 Å². The van der Waals surface area contributed by atoms with E-state index in [0.29, 0.717) is 24.7 Å². The highest BCUT2D eigenvalue weighted by Crippen LogP contribution is 2.23. The molecule has 0 bridgehead atoms. The lowest BCUT2D eigenvalue weighted by Gasteiger charge is -2.27. The van der Waals surface area contributed by atoms with Gasteiger partial charge >= 0.3 is 0 Å². The van der Waals surface area contributed by atoms with Crippen molar-refractivity contribution in [2.75, 3.05) is 13.6 Å². The molecule has 1 saturated carbocycles. The van der Waals surface area contributed by atoms with Crippen LogP contribution < -0.4 is 5.32 Å². The van der Waals surface area contributed by atoms with Crippen molar-refractivity contribution in [1.29, 1.82) is 0 Å². The molecule has 4 heteroatoms. The van der Waals surface area contributed by atoms with E-state index in [2.05, 4.69) is 12.2 Å². The van der Waals surface area contributed by atoms with Crippen molar-refractivity contribution in [3.63, 3.8) is 0 Å². The van der Waals surface area contributed by atoms with Crippen LogP contribution >= 0.6 is 0 Å². The summed E-state index contributed by atoms with van der Waals surface area (Å²) >= 11 is 0. The molecule has 0 atom stereocenters. The van der Waals surface area contributed by atoms with Crippen LogP contribution in [0.1, 0.15) is 38.2 Å². The predicted molar refractivity (Wildman–Crippen MR) is 82.3 cm³/mol. The molecule has 1 aromatic rings. The normalized spacial score (nSPS) is 22.3. The van der Waals surface area contributed by atoms with Crippen molar-refractivity contribution >= 4 is 5.91 Å². The van der Waals surface area contributed by atoms with Crippen LogP contribution in [0.5, 0.6) is 0 Å². The van der Waals surface area contributed by atoms with Gasteiger partial charge in [0.2, 0.25) is 5.91 Å². The van der Waals surface area contributed by atoms with E-state index < -0.39 is 0 Å². The third kappa shape index (κ3) is 5.12. The Labute approximate surface area is 126 Å². The zero-order valence-corrected chi connectivity index (χ0v) is 12.9. The van der Waals surface area contributed by atoms with Gasteiger partial charge in [0.25, 0.3) is 0 Å². The zero-order chi connectivity index (χ0) is 15.2. The van der Waals surface area contributed by atoms with E-state index in [9.17, 15) is 9.18 Å². The number of nitrogens with zero attached hydrogens (tertiary/aromatic N) is 1. The molecule has 0 spiro atoms. The van der Waals surface area contributed by atoms with Crippen LogP contribution in [0.2, 0.25) is 0 Å². The molecule has 2 rings (SSSR count). The number of benzene rings is 1. The van der Waals surface area contributed by atoms with Gasteiger partial charge in [-0.05, 0) is 44.7 Å². The van der Waals surface area contributed by atoms with Gasteiger partial charge in [0.15, 0.2) is 0 Å². The van der Waals surface area contributed by atoms with Crippen molar-refractivity contribution in [3.8, 4) is 0 Å². The summed E-state index contributed by atoms with van der Waals surface area (Å²) < 4.78 is 13.6. The lowest BCUT2D eigenvalue weighted by molar-refractivity contribution is -0.123. The number of amides is 1. The lowest BCUT2D eigenvalue weighted by atomic mass is 9.87. The van der Waals surface area contributed by atoms with Crippen LogP contribution in [0.15, 0.2) is 24.3 Å². The SMILES string of the molecule is CC1CCC(NC(=O)CN(C)Cc2ccccc2F)CC1. The minimum atomic E-state index is -0.217. The number of hydrogen-bond acceptors (Lipinski definition) is 2. The topological polar surface area (TPSA) is 32.3 Å². The maximum absolute atomic E-state index is 13.6. The van der Waals surface area contributed by atoms with Gasteiger partial charge in [0.05, 0.1) is 6.54 Å². The molecule has 1 aliphatic rings. The first kappa shape index (κ1) is 16.0. The molecule has 0 aliphatic heterocycles. The second-order valence-electron chi connectivity index (χ2n) is 6.29. The number of halogens is 1. The maximum atomic E-state index is 13.6. The van der Waals surface area contributed by atoms with E-state index in [1.165, 1.54) is 18.9 Å². The largest absolute Gasteiger partial charge is 0.352 e. The smallest absolute Gasteiger partial charge is 0.234 e. The van der Waals surface area contributed by atoms with Crippen LogP contribution in [-0.4, -0.2) is 30.4 Å². The van der Waals surface area contributed by atoms with Crippen molar-refractivity contribution in [3.05, 3.63) is 35.6 Å². The van der Waals surface area contributed by atoms with Crippen molar-refractivity contribution < 1.29 is 9.18 Å². The Hall–Kier alpha value is -1.42. The average molecular weight is 292 g/mol. The van der Waals surface area contributed by atoms with Crippen LogP contribution in [0, 0.1) is 11.7 Å². The van der Waals surface area contributed by atoms with E-state index in [1.807, 2.05) is 18.0 Å². The van der Waals surface area contributed by atoms with Gasteiger partial charge in [-0.25, -0.2) is 4.39 Å². The van der Waals surface area contributed by atoms with Crippen molar-refractivity contribution in [2.24, 2.45) is 5.92 Å². The first-order valence-corrected chi connectivity index (χ1v) is 7.76. The molecule has 0 aromatic heterocycles. The summed E-state index contributed by atoms with van der Waals surface area (Å²) in [6.07, 6.45) is 4.53. The second-order valence-corrected chi connectivity index (χ2v) is 6.29. The molecule has 0 heterocycles.